The van der Waals surface area contributed by atoms with Crippen LogP contribution in [0.5, 0.6) is 46.0 Å². The van der Waals surface area contributed by atoms with Gasteiger partial charge in [-0.15, -0.1) is 0 Å². The topological polar surface area (TPSA) is 150 Å². The summed E-state index contributed by atoms with van der Waals surface area (Å²) in [6.07, 6.45) is 0. The molecule has 12 heteroatoms. The first-order chi connectivity index (χ1) is 57.5. The van der Waals surface area contributed by atoms with Gasteiger partial charge >= 0.3 is 0 Å². The molecule has 16 aromatic carbocycles. The van der Waals surface area contributed by atoms with Crippen molar-refractivity contribution in [2.45, 2.75) is 0 Å². The second-order valence-corrected chi connectivity index (χ2v) is 28.5. The summed E-state index contributed by atoms with van der Waals surface area (Å²) in [6.45, 7) is 0. The summed E-state index contributed by atoms with van der Waals surface area (Å²) in [4.78, 5) is 38.6. The number of para-hydroxylation sites is 4. The molecule has 8 bridgehead atoms. The zero-order chi connectivity index (χ0) is 76.8. The number of aromatic nitrogens is 4. The Bertz CT molecular complexity index is 7190. The highest BCUT2D eigenvalue weighted by Crippen LogP contribution is 2.53. The smallest absolute Gasteiger partial charge is 0.145 e. The molecule has 21 rings (SSSR count). The number of fused-ring (bicyclic) bond motifs is 20. The predicted octanol–water partition coefficient (Wildman–Crippen LogP) is 26.2. The average Bonchev–Trinajstić information content (AvgIpc) is 1.55. The maximum atomic E-state index is 7.90. The minimum atomic E-state index is 0.347. The molecule has 548 valence electrons. The number of benzene rings is 16. The van der Waals surface area contributed by atoms with Gasteiger partial charge in [0.25, 0.3) is 0 Å². The summed E-state index contributed by atoms with van der Waals surface area (Å²) in [6, 6.07) is 132. The Hall–Kier alpha value is -15.9. The molecule has 5 heterocycles. The van der Waals surface area contributed by atoms with Gasteiger partial charge in [0.1, 0.15) is 91.2 Å². The predicted molar refractivity (Wildman–Crippen MR) is 466 cm³/mol. The molecule has 4 N–H and O–H groups in total. The fraction of sp³-hybridized carbons (Fsp3) is 0. The van der Waals surface area contributed by atoms with Gasteiger partial charge in [0.2, 0.25) is 0 Å². The van der Waals surface area contributed by atoms with Crippen LogP contribution < -0.4 is 40.9 Å². The Balaban J connectivity index is 0.928. The van der Waals surface area contributed by atoms with E-state index in [4.69, 9.17) is 38.9 Å². The van der Waals surface area contributed by atoms with E-state index >= 15 is 0 Å². The maximum absolute atomic E-state index is 7.90. The van der Waals surface area contributed by atoms with Crippen molar-refractivity contribution >= 4 is 66.4 Å². The molecule has 0 aliphatic carbocycles. The molecule has 20 aromatic rings. The molecule has 1 aliphatic heterocycles. The van der Waals surface area contributed by atoms with Crippen molar-refractivity contribution in [2.75, 3.05) is 0 Å². The average molecular weight is 1490 g/mol. The molecule has 0 spiro atoms. The van der Waals surface area contributed by atoms with Gasteiger partial charge in [-0.2, -0.15) is 0 Å². The van der Waals surface area contributed by atoms with E-state index in [9.17, 15) is 0 Å². The quantitative estimate of drug-likeness (QED) is 0.0762. The Morgan fingerprint density at radius 2 is 0.353 bits per heavy atom. The van der Waals surface area contributed by atoms with Gasteiger partial charge in [-0.3, -0.25) is 0 Å². The summed E-state index contributed by atoms with van der Waals surface area (Å²) in [5.74, 6) is 6.11. The highest BCUT2D eigenvalue weighted by molar-refractivity contribution is 6.09. The van der Waals surface area contributed by atoms with Crippen molar-refractivity contribution in [3.63, 3.8) is 0 Å². The molecule has 0 unspecified atom stereocenters. The molecule has 1 aliphatic rings. The van der Waals surface area contributed by atoms with Gasteiger partial charge in [-0.1, -0.05) is 364 Å². The second-order valence-electron chi connectivity index (χ2n) is 28.5. The third kappa shape index (κ3) is 12.5. The lowest BCUT2D eigenvalue weighted by atomic mass is 9.97. The molecule has 0 amide bonds. The van der Waals surface area contributed by atoms with Crippen molar-refractivity contribution in [1.29, 1.82) is 0 Å². The summed E-state index contributed by atoms with van der Waals surface area (Å²) < 4.78 is 31.5. The summed E-state index contributed by atoms with van der Waals surface area (Å²) in [5.41, 5.74) is 16.5. The fourth-order valence-corrected chi connectivity index (χ4v) is 16.1. The van der Waals surface area contributed by atoms with Crippen molar-refractivity contribution in [3.05, 3.63) is 410 Å². The summed E-state index contributed by atoms with van der Waals surface area (Å²) >= 11 is 0. The third-order valence-electron chi connectivity index (χ3n) is 21.5. The molecule has 0 saturated carbocycles. The normalized spacial score (nSPS) is 11.7. The Labute approximate surface area is 666 Å². The number of H-pyrrole nitrogens is 4. The van der Waals surface area contributed by atoms with E-state index in [1.54, 1.807) is 0 Å². The van der Waals surface area contributed by atoms with Crippen LogP contribution in [0.3, 0.4) is 0 Å². The van der Waals surface area contributed by atoms with Crippen molar-refractivity contribution in [1.82, 2.24) is 19.9 Å². The van der Waals surface area contributed by atoms with E-state index in [0.717, 1.165) is 111 Å². The maximum Gasteiger partial charge on any atom is 0.145 e. The monoisotopic (exact) mass is 1490 g/mol. The SMILES string of the molecule is c1ccc(-c2cccc(-c3ccccc3)c2Oc2ccc(Oc3c(-c4ccccc4)cccc3-c3ccccc3)c3c4[nH]c(c23)N=c2[nH]c(c3ccccc23)=Nc2[nH]c(c3ccccc23)N=c2[nH]c(c3c(Oc5c(-c6ccccc6)cccc5-c5ccccc5)ccc(Oc5c(-c6ccccc6)cccc5-c5ccccc5)c23)=N4)cc1. The number of aromatic amines is 4. The highest BCUT2D eigenvalue weighted by atomic mass is 16.5. The van der Waals surface area contributed by atoms with E-state index in [1.807, 2.05) is 97.1 Å². The van der Waals surface area contributed by atoms with Crippen LogP contribution >= 0.6 is 0 Å². The number of hydrogen-bond donors (Lipinski definition) is 4. The van der Waals surface area contributed by atoms with Crippen LogP contribution in [0.1, 0.15) is 0 Å². The van der Waals surface area contributed by atoms with Crippen molar-refractivity contribution in [2.24, 2.45) is 20.0 Å². The van der Waals surface area contributed by atoms with Crippen LogP contribution in [0, 0.1) is 0 Å². The molecule has 0 radical (unpaired) electrons. The van der Waals surface area contributed by atoms with Gasteiger partial charge < -0.3 is 38.9 Å². The fourth-order valence-electron chi connectivity index (χ4n) is 16.1. The summed E-state index contributed by atoms with van der Waals surface area (Å²) in [7, 11) is 0. The Kier molecular flexibility index (Phi) is 17.3. The van der Waals surface area contributed by atoms with Crippen molar-refractivity contribution < 1.29 is 18.9 Å². The van der Waals surface area contributed by atoms with Crippen LogP contribution in [0.4, 0.5) is 23.3 Å². The molecular weight excluding hydrogens is 1430 g/mol. The molecule has 4 aromatic heterocycles. The van der Waals surface area contributed by atoms with Crippen LogP contribution in [0.25, 0.3) is 132 Å². The largest absolute Gasteiger partial charge is 0.455 e. The van der Waals surface area contributed by atoms with Gasteiger partial charge in [0.05, 0.1) is 21.5 Å². The van der Waals surface area contributed by atoms with Crippen LogP contribution in [-0.4, -0.2) is 19.9 Å². The first-order valence-corrected chi connectivity index (χ1v) is 38.7. The van der Waals surface area contributed by atoms with Crippen LogP contribution in [0.2, 0.25) is 0 Å². The lowest BCUT2D eigenvalue weighted by Gasteiger charge is -2.19. The van der Waals surface area contributed by atoms with E-state index < -0.39 is 0 Å². The number of rotatable bonds is 16. The molecular formula is C104H68N8O4. The molecule has 0 saturated heterocycles. The minimum Gasteiger partial charge on any atom is -0.455 e. The van der Waals surface area contributed by atoms with Gasteiger partial charge in [-0.05, 0) is 68.8 Å². The standard InChI is InChI=1S/C104H68N8O4/c1-9-33-65(34-10-1)73-53-29-54-74(66-35-11-2-12-36-66)93(73)113-85-61-63-87(115-95-77(69-41-17-5-18-42-69)57-31-58-78(95)70-43-19-6-20-44-70)91-89(85)101-108-99-83-51-27-25-49-81(83)97(106-99)105-98-82-50-26-28-52-84(82)100(107-98)109-102-90-86(114-94-75(67-37-13-3-14-38-67)55-30-56-76(94)68-39-15-4-16-40-68)62-64-88(92(90)104(111-102)112-103(91)110-101)116-96-79(71-45-21-7-22-46-71)59-32-60-80(96)72-47-23-8-24-48-72/h1-64H,(H4,105,106,107,108,109,110,111,112). The Morgan fingerprint density at radius 3 is 0.621 bits per heavy atom. The molecule has 0 fully saturated rings. The van der Waals surface area contributed by atoms with Crippen LogP contribution in [0.15, 0.2) is 408 Å². The number of nitrogens with one attached hydrogen (secondary N) is 4. The van der Waals surface area contributed by atoms with Crippen molar-refractivity contribution in [3.8, 4) is 135 Å². The minimum absolute atomic E-state index is 0.347. The third-order valence-corrected chi connectivity index (χ3v) is 21.5. The Morgan fingerprint density at radius 1 is 0.155 bits per heavy atom. The molecule has 0 atom stereocenters. The zero-order valence-corrected chi connectivity index (χ0v) is 62.4. The first kappa shape index (κ1) is 68.1. The summed E-state index contributed by atoms with van der Waals surface area (Å²) in [5, 5.41) is 5.50. The first-order valence-electron chi connectivity index (χ1n) is 38.7. The van der Waals surface area contributed by atoms with Gasteiger partial charge in [0.15, 0.2) is 0 Å². The van der Waals surface area contributed by atoms with Crippen LogP contribution in [-0.2, 0) is 0 Å². The van der Waals surface area contributed by atoms with E-state index in [1.165, 1.54) is 0 Å². The van der Waals surface area contributed by atoms with E-state index in [0.29, 0.717) is 113 Å². The van der Waals surface area contributed by atoms with E-state index in [-0.39, 0.29) is 0 Å². The van der Waals surface area contributed by atoms with Gasteiger partial charge in [-0.25, -0.2) is 20.0 Å². The molecule has 116 heavy (non-hydrogen) atoms. The number of nitrogens with zero attached hydrogens (tertiary/aromatic N) is 4. The lowest BCUT2D eigenvalue weighted by Crippen LogP contribution is -2.10. The highest BCUT2D eigenvalue weighted by Gasteiger charge is 2.29. The number of ether oxygens (including phenoxy) is 4. The lowest BCUT2D eigenvalue weighted by molar-refractivity contribution is 0.481. The van der Waals surface area contributed by atoms with Gasteiger partial charge in [0, 0.05) is 66.1 Å². The number of hydrogen-bond acceptors (Lipinski definition) is 8. The zero-order valence-electron chi connectivity index (χ0n) is 62.4. The second kappa shape index (κ2) is 29.4. The molecule has 12 nitrogen and oxygen atoms in total. The van der Waals surface area contributed by atoms with E-state index in [2.05, 4.69) is 311 Å².